The third-order valence-electron chi connectivity index (χ3n) is 4.53. The zero-order valence-electron chi connectivity index (χ0n) is 15.3. The van der Waals surface area contributed by atoms with Gasteiger partial charge in [0.05, 0.1) is 0 Å². The number of amides is 1. The summed E-state index contributed by atoms with van der Waals surface area (Å²) in [5, 5.41) is 4.60. The first-order valence-electron chi connectivity index (χ1n) is 9.01. The van der Waals surface area contributed by atoms with Crippen molar-refractivity contribution in [1.29, 1.82) is 0 Å². The Bertz CT molecular complexity index is 866. The number of sulfonamides is 1. The van der Waals surface area contributed by atoms with Gasteiger partial charge in [0.1, 0.15) is 10.3 Å². The Kier molecular flexibility index (Phi) is 6.64. The third kappa shape index (κ3) is 4.57. The van der Waals surface area contributed by atoms with Crippen LogP contribution in [0.1, 0.15) is 24.5 Å². The second-order valence-electron chi connectivity index (χ2n) is 6.31. The van der Waals surface area contributed by atoms with E-state index in [4.69, 9.17) is 4.74 Å². The molecule has 1 N–H and O–H groups in total. The lowest BCUT2D eigenvalue weighted by Gasteiger charge is -2.34. The molecule has 0 bridgehead atoms. The van der Waals surface area contributed by atoms with E-state index in [1.807, 2.05) is 31.2 Å². The Hall–Kier alpha value is -1.74. The van der Waals surface area contributed by atoms with Crippen LogP contribution in [0.3, 0.4) is 0 Å². The van der Waals surface area contributed by atoms with Crippen molar-refractivity contribution in [3.63, 3.8) is 0 Å². The van der Waals surface area contributed by atoms with Gasteiger partial charge >= 0.3 is 0 Å². The fourth-order valence-corrected chi connectivity index (χ4v) is 5.83. The van der Waals surface area contributed by atoms with E-state index in [0.717, 1.165) is 11.1 Å². The summed E-state index contributed by atoms with van der Waals surface area (Å²) in [4.78, 5) is 12.8. The maximum atomic E-state index is 13.1. The molecule has 1 atom stereocenters. The van der Waals surface area contributed by atoms with Crippen LogP contribution in [0.25, 0.3) is 0 Å². The average molecular weight is 409 g/mol. The Morgan fingerprint density at radius 3 is 2.74 bits per heavy atom. The Balaban J connectivity index is 1.81. The van der Waals surface area contributed by atoms with Gasteiger partial charge in [-0.05, 0) is 42.3 Å². The molecular weight excluding hydrogens is 384 g/mol. The predicted molar refractivity (Wildman–Crippen MR) is 105 cm³/mol. The van der Waals surface area contributed by atoms with Gasteiger partial charge in [0, 0.05) is 26.3 Å². The first-order valence-corrected chi connectivity index (χ1v) is 11.3. The molecular formula is C19H24N2O4S2. The second kappa shape index (κ2) is 8.97. The number of ether oxygens (including phenoxy) is 1. The molecule has 0 saturated heterocycles. The van der Waals surface area contributed by atoms with E-state index in [1.165, 1.54) is 15.6 Å². The van der Waals surface area contributed by atoms with E-state index >= 15 is 0 Å². The molecule has 1 amide bonds. The molecule has 0 saturated carbocycles. The quantitative estimate of drug-likeness (QED) is 0.681. The first-order chi connectivity index (χ1) is 13.0. The monoisotopic (exact) mass is 408 g/mol. The van der Waals surface area contributed by atoms with Gasteiger partial charge in [-0.2, -0.15) is 4.31 Å². The van der Waals surface area contributed by atoms with Crippen molar-refractivity contribution in [1.82, 2.24) is 9.62 Å². The van der Waals surface area contributed by atoms with E-state index < -0.39 is 16.1 Å². The number of carbonyl (C=O) groups is 1. The van der Waals surface area contributed by atoms with Crippen LogP contribution in [-0.2, 0) is 32.5 Å². The molecule has 2 aromatic rings. The molecule has 146 valence electrons. The van der Waals surface area contributed by atoms with E-state index in [2.05, 4.69) is 5.32 Å². The molecule has 0 radical (unpaired) electrons. The number of thiophene rings is 1. The molecule has 27 heavy (non-hydrogen) atoms. The minimum atomic E-state index is -3.73. The number of hydrogen-bond acceptors (Lipinski definition) is 5. The largest absolute Gasteiger partial charge is 0.382 e. The molecule has 3 rings (SSSR count). The van der Waals surface area contributed by atoms with E-state index in [1.54, 1.807) is 17.5 Å². The van der Waals surface area contributed by atoms with Crippen LogP contribution in [0.5, 0.6) is 0 Å². The highest BCUT2D eigenvalue weighted by molar-refractivity contribution is 7.91. The fraction of sp³-hybridized carbons (Fsp3) is 0.421. The van der Waals surface area contributed by atoms with Crippen molar-refractivity contribution in [2.75, 3.05) is 19.8 Å². The number of benzene rings is 1. The number of nitrogens with one attached hydrogen (secondary N) is 1. The highest BCUT2D eigenvalue weighted by Crippen LogP contribution is 2.30. The Labute approximate surface area is 164 Å². The van der Waals surface area contributed by atoms with Crippen molar-refractivity contribution < 1.29 is 17.9 Å². The summed E-state index contributed by atoms with van der Waals surface area (Å²) in [7, 11) is -3.73. The van der Waals surface area contributed by atoms with E-state index in [0.29, 0.717) is 32.6 Å². The lowest BCUT2D eigenvalue weighted by Crippen LogP contribution is -2.52. The van der Waals surface area contributed by atoms with Gasteiger partial charge < -0.3 is 10.1 Å². The number of hydrogen-bond donors (Lipinski definition) is 1. The van der Waals surface area contributed by atoms with Crippen LogP contribution in [0, 0.1) is 0 Å². The van der Waals surface area contributed by atoms with Gasteiger partial charge in [-0.25, -0.2) is 8.42 Å². The standard InChI is InChI=1S/C19H24N2O4S2/c1-2-25-11-6-10-20-19(22)17-13-15-7-3-4-8-16(15)14-21(17)27(23,24)18-9-5-12-26-18/h3-5,7-9,12,17H,2,6,10-11,13-14H2,1H3,(H,20,22). The van der Waals surface area contributed by atoms with Gasteiger partial charge in [0.25, 0.3) is 10.0 Å². The summed E-state index contributed by atoms with van der Waals surface area (Å²) < 4.78 is 33.1. The SMILES string of the molecule is CCOCCCNC(=O)C1Cc2ccccc2CN1S(=O)(=O)c1cccs1. The number of nitrogens with zero attached hydrogens (tertiary/aromatic N) is 1. The highest BCUT2D eigenvalue weighted by atomic mass is 32.2. The highest BCUT2D eigenvalue weighted by Gasteiger charge is 2.39. The molecule has 6 nitrogen and oxygen atoms in total. The summed E-state index contributed by atoms with van der Waals surface area (Å²) in [6.45, 7) is 3.80. The van der Waals surface area contributed by atoms with E-state index in [-0.39, 0.29) is 16.7 Å². The van der Waals surface area contributed by atoms with Gasteiger partial charge in [-0.15, -0.1) is 11.3 Å². The van der Waals surface area contributed by atoms with Crippen molar-refractivity contribution in [3.05, 3.63) is 52.9 Å². The predicted octanol–water partition coefficient (Wildman–Crippen LogP) is 2.41. The molecule has 1 unspecified atom stereocenters. The summed E-state index contributed by atoms with van der Waals surface area (Å²) >= 11 is 1.17. The molecule has 1 aliphatic heterocycles. The minimum Gasteiger partial charge on any atom is -0.382 e. The van der Waals surface area contributed by atoms with Crippen molar-refractivity contribution in [3.8, 4) is 0 Å². The summed E-state index contributed by atoms with van der Waals surface area (Å²) in [5.74, 6) is -0.263. The van der Waals surface area contributed by atoms with Gasteiger partial charge in [-0.3, -0.25) is 4.79 Å². The zero-order chi connectivity index (χ0) is 19.3. The Morgan fingerprint density at radius 2 is 2.04 bits per heavy atom. The maximum Gasteiger partial charge on any atom is 0.253 e. The average Bonchev–Trinajstić information content (AvgIpc) is 3.22. The summed E-state index contributed by atoms with van der Waals surface area (Å²) in [5.41, 5.74) is 1.96. The fourth-order valence-electron chi connectivity index (χ4n) is 3.15. The molecule has 0 spiro atoms. The van der Waals surface area contributed by atoms with Gasteiger partial charge in [0.2, 0.25) is 5.91 Å². The minimum absolute atomic E-state index is 0.202. The van der Waals surface area contributed by atoms with Crippen LogP contribution >= 0.6 is 11.3 Å². The second-order valence-corrected chi connectivity index (χ2v) is 9.38. The molecule has 8 heteroatoms. The van der Waals surface area contributed by atoms with Gasteiger partial charge in [0.15, 0.2) is 0 Å². The number of rotatable bonds is 8. The lowest BCUT2D eigenvalue weighted by molar-refractivity contribution is -0.125. The van der Waals surface area contributed by atoms with Crippen LogP contribution in [0.4, 0.5) is 0 Å². The van der Waals surface area contributed by atoms with Crippen LogP contribution in [0.2, 0.25) is 0 Å². The smallest absolute Gasteiger partial charge is 0.253 e. The normalized spacial score (nSPS) is 17.4. The molecule has 2 heterocycles. The molecule has 1 aromatic carbocycles. The van der Waals surface area contributed by atoms with Crippen molar-refractivity contribution >= 4 is 27.3 Å². The first kappa shape index (κ1) is 20.0. The van der Waals surface area contributed by atoms with Crippen molar-refractivity contribution in [2.45, 2.75) is 36.6 Å². The Morgan fingerprint density at radius 1 is 1.26 bits per heavy atom. The van der Waals surface area contributed by atoms with Gasteiger partial charge in [-0.1, -0.05) is 30.3 Å². The maximum absolute atomic E-state index is 13.1. The lowest BCUT2D eigenvalue weighted by atomic mass is 9.95. The molecule has 0 fully saturated rings. The van der Waals surface area contributed by atoms with Crippen LogP contribution in [0.15, 0.2) is 46.0 Å². The third-order valence-corrected chi connectivity index (χ3v) is 7.76. The van der Waals surface area contributed by atoms with Crippen molar-refractivity contribution in [2.24, 2.45) is 0 Å². The number of carbonyl (C=O) groups excluding carboxylic acids is 1. The molecule has 1 aromatic heterocycles. The zero-order valence-corrected chi connectivity index (χ0v) is 16.9. The summed E-state index contributed by atoms with van der Waals surface area (Å²) in [6.07, 6.45) is 1.07. The summed E-state index contributed by atoms with van der Waals surface area (Å²) in [6, 6.07) is 10.2. The topological polar surface area (TPSA) is 75.7 Å². The van der Waals surface area contributed by atoms with E-state index in [9.17, 15) is 13.2 Å². The number of fused-ring (bicyclic) bond motifs is 1. The van der Waals surface area contributed by atoms with Crippen LogP contribution < -0.4 is 5.32 Å². The molecule has 1 aliphatic rings. The van der Waals surface area contributed by atoms with Crippen LogP contribution in [-0.4, -0.2) is 44.4 Å². The molecule has 0 aliphatic carbocycles.